The highest BCUT2D eigenvalue weighted by molar-refractivity contribution is 7.89. The van der Waals surface area contributed by atoms with Crippen LogP contribution in [0.1, 0.15) is 11.1 Å². The topological polar surface area (TPSA) is 97.0 Å². The average Bonchev–Trinajstić information content (AvgIpc) is 2.67. The second-order valence-electron chi connectivity index (χ2n) is 7.14. The van der Waals surface area contributed by atoms with Gasteiger partial charge in [0.1, 0.15) is 5.69 Å². The summed E-state index contributed by atoms with van der Waals surface area (Å²) in [5, 5.41) is 14.6. The Balaban J connectivity index is 1.82. The van der Waals surface area contributed by atoms with Gasteiger partial charge in [-0.15, -0.1) is 0 Å². The summed E-state index contributed by atoms with van der Waals surface area (Å²) in [6.07, 6.45) is 0. The minimum atomic E-state index is -3.74. The maximum atomic E-state index is 12.9. The number of aryl methyl sites for hydroxylation is 1. The van der Waals surface area contributed by atoms with Gasteiger partial charge in [0, 0.05) is 12.6 Å². The maximum Gasteiger partial charge on any atom is 0.293 e. The number of nitrogens with zero attached hydrogens (tertiary/aromatic N) is 2. The lowest BCUT2D eigenvalue weighted by Gasteiger charge is -2.29. The molecule has 9 heteroatoms. The van der Waals surface area contributed by atoms with Crippen molar-refractivity contribution in [2.75, 3.05) is 38.5 Å². The number of benzene rings is 2. The molecule has 2 N–H and O–H groups in total. The van der Waals surface area contributed by atoms with E-state index in [1.807, 2.05) is 38.2 Å². The molecule has 0 unspecified atom stereocenters. The van der Waals surface area contributed by atoms with Crippen LogP contribution < -0.4 is 10.2 Å². The van der Waals surface area contributed by atoms with Gasteiger partial charge in [-0.1, -0.05) is 29.8 Å². The van der Waals surface area contributed by atoms with Crippen molar-refractivity contribution in [1.29, 1.82) is 0 Å². The molecule has 150 valence electrons. The van der Waals surface area contributed by atoms with Crippen LogP contribution in [-0.2, 0) is 16.6 Å². The molecule has 1 fully saturated rings. The summed E-state index contributed by atoms with van der Waals surface area (Å²) in [6.45, 7) is 4.66. The molecule has 28 heavy (non-hydrogen) atoms. The first-order chi connectivity index (χ1) is 13.3. The van der Waals surface area contributed by atoms with E-state index in [1.54, 1.807) is 0 Å². The van der Waals surface area contributed by atoms with Gasteiger partial charge in [0.2, 0.25) is 10.0 Å². The normalized spacial score (nSPS) is 16.1. The monoisotopic (exact) mass is 405 g/mol. The van der Waals surface area contributed by atoms with Gasteiger partial charge in [-0.2, -0.15) is 4.31 Å². The van der Waals surface area contributed by atoms with Crippen LogP contribution in [0.2, 0.25) is 0 Å². The third-order valence-corrected chi connectivity index (χ3v) is 6.88. The van der Waals surface area contributed by atoms with Crippen LogP contribution in [0.25, 0.3) is 0 Å². The number of anilines is 1. The molecule has 0 aromatic heterocycles. The number of hydrogen-bond donors (Lipinski definition) is 2. The summed E-state index contributed by atoms with van der Waals surface area (Å²) in [6, 6.07) is 11.9. The molecule has 0 aliphatic carbocycles. The van der Waals surface area contributed by atoms with E-state index in [0.717, 1.165) is 30.3 Å². The molecule has 1 aliphatic heterocycles. The number of nitro benzene ring substituents is 1. The largest absolute Gasteiger partial charge is 0.375 e. The number of sulfonamides is 1. The summed E-state index contributed by atoms with van der Waals surface area (Å²) in [5.74, 6) is 0. The Kier molecular flexibility index (Phi) is 5.97. The Hall–Kier alpha value is -2.49. The number of nitro groups is 1. The Morgan fingerprint density at radius 2 is 1.79 bits per heavy atom. The number of hydrogen-bond acceptors (Lipinski definition) is 5. The smallest absolute Gasteiger partial charge is 0.293 e. The first-order valence-electron chi connectivity index (χ1n) is 9.16. The van der Waals surface area contributed by atoms with Gasteiger partial charge in [0.05, 0.1) is 43.0 Å². The van der Waals surface area contributed by atoms with Crippen molar-refractivity contribution >= 4 is 21.4 Å². The van der Waals surface area contributed by atoms with E-state index < -0.39 is 14.9 Å². The first-order valence-corrected chi connectivity index (χ1v) is 10.6. The summed E-state index contributed by atoms with van der Waals surface area (Å²) in [7, 11) is -1.73. The summed E-state index contributed by atoms with van der Waals surface area (Å²) in [4.78, 5) is 12.2. The highest BCUT2D eigenvalue weighted by Crippen LogP contribution is 2.29. The fourth-order valence-electron chi connectivity index (χ4n) is 3.13. The zero-order valence-corrected chi connectivity index (χ0v) is 16.8. The highest BCUT2D eigenvalue weighted by Gasteiger charge is 2.31. The first kappa shape index (κ1) is 20.2. The van der Waals surface area contributed by atoms with Crippen molar-refractivity contribution in [2.45, 2.75) is 18.4 Å². The second kappa shape index (κ2) is 8.26. The summed E-state index contributed by atoms with van der Waals surface area (Å²) < 4.78 is 27.1. The molecule has 1 saturated heterocycles. The predicted molar refractivity (Wildman–Crippen MR) is 107 cm³/mol. The molecule has 0 amide bonds. The van der Waals surface area contributed by atoms with Gasteiger partial charge in [-0.05, 0) is 24.6 Å². The third kappa shape index (κ3) is 4.49. The molecule has 8 nitrogen and oxygen atoms in total. The Labute approximate surface area is 165 Å². The molecule has 2 aromatic rings. The summed E-state index contributed by atoms with van der Waals surface area (Å²) >= 11 is 0. The van der Waals surface area contributed by atoms with Crippen LogP contribution in [-0.4, -0.2) is 50.9 Å². The number of quaternary nitrogens is 1. The summed E-state index contributed by atoms with van der Waals surface area (Å²) in [5.41, 5.74) is 2.17. The fraction of sp³-hybridized carbons (Fsp3) is 0.368. The van der Waals surface area contributed by atoms with Gasteiger partial charge in [-0.3, -0.25) is 10.1 Å². The van der Waals surface area contributed by atoms with Crippen molar-refractivity contribution in [1.82, 2.24) is 4.31 Å². The average molecular weight is 406 g/mol. The Morgan fingerprint density at radius 1 is 1.14 bits per heavy atom. The van der Waals surface area contributed by atoms with E-state index in [0.29, 0.717) is 25.3 Å². The van der Waals surface area contributed by atoms with Crippen molar-refractivity contribution in [3.8, 4) is 0 Å². The zero-order chi connectivity index (χ0) is 20.3. The molecule has 0 radical (unpaired) electrons. The van der Waals surface area contributed by atoms with E-state index >= 15 is 0 Å². The standard InChI is InChI=1S/C19H24N4O4S/c1-15-3-5-16(6-4-15)14-20-18-8-7-17(13-19(18)23(24)25)28(26,27)22-11-9-21(2)10-12-22/h3-8,13,20H,9-12,14H2,1-2H3/p+1. The lowest BCUT2D eigenvalue weighted by atomic mass is 10.1. The molecule has 0 saturated carbocycles. The molecular weight excluding hydrogens is 380 g/mol. The van der Waals surface area contributed by atoms with Crippen LogP contribution in [0.4, 0.5) is 11.4 Å². The van der Waals surface area contributed by atoms with Crippen molar-refractivity contribution < 1.29 is 18.2 Å². The van der Waals surface area contributed by atoms with Crippen molar-refractivity contribution in [3.63, 3.8) is 0 Å². The van der Waals surface area contributed by atoms with Crippen molar-refractivity contribution in [2.24, 2.45) is 0 Å². The van der Waals surface area contributed by atoms with Crippen LogP contribution in [0.15, 0.2) is 47.4 Å². The van der Waals surface area contributed by atoms with Crippen molar-refractivity contribution in [3.05, 3.63) is 63.7 Å². The highest BCUT2D eigenvalue weighted by atomic mass is 32.2. The maximum absolute atomic E-state index is 12.9. The number of piperazine rings is 1. The molecule has 2 aromatic carbocycles. The van der Waals surface area contributed by atoms with Gasteiger partial charge in [-0.25, -0.2) is 8.42 Å². The van der Waals surface area contributed by atoms with Crippen LogP contribution in [0, 0.1) is 17.0 Å². The Bertz CT molecular complexity index is 952. The lowest BCUT2D eigenvalue weighted by Crippen LogP contribution is -3.12. The van der Waals surface area contributed by atoms with E-state index in [1.165, 1.54) is 21.3 Å². The Morgan fingerprint density at radius 3 is 2.39 bits per heavy atom. The SMILES string of the molecule is Cc1ccc(CNc2ccc(S(=O)(=O)N3CC[NH+](C)CC3)cc2[N+](=O)[O-])cc1. The van der Waals surface area contributed by atoms with Gasteiger partial charge < -0.3 is 10.2 Å². The van der Waals surface area contributed by atoms with Gasteiger partial charge in [0.25, 0.3) is 5.69 Å². The molecule has 1 heterocycles. The minimum Gasteiger partial charge on any atom is -0.375 e. The van der Waals surface area contributed by atoms with Crippen LogP contribution in [0.3, 0.4) is 0 Å². The predicted octanol–water partition coefficient (Wildman–Crippen LogP) is 1.03. The molecule has 1 aliphatic rings. The molecular formula is C19H25N4O4S+. The van der Waals surface area contributed by atoms with Crippen LogP contribution in [0.5, 0.6) is 0 Å². The quantitative estimate of drug-likeness (QED) is 0.553. The molecule has 0 spiro atoms. The van der Waals surface area contributed by atoms with E-state index in [2.05, 4.69) is 5.32 Å². The fourth-order valence-corrected chi connectivity index (χ4v) is 4.60. The molecule has 0 bridgehead atoms. The van der Waals surface area contributed by atoms with Gasteiger partial charge in [0.15, 0.2) is 0 Å². The van der Waals surface area contributed by atoms with E-state index in [4.69, 9.17) is 0 Å². The van der Waals surface area contributed by atoms with Crippen LogP contribution >= 0.6 is 0 Å². The minimum absolute atomic E-state index is 0.0420. The number of rotatable bonds is 6. The lowest BCUT2D eigenvalue weighted by molar-refractivity contribution is -0.883. The van der Waals surface area contributed by atoms with E-state index in [9.17, 15) is 18.5 Å². The van der Waals surface area contributed by atoms with Gasteiger partial charge >= 0.3 is 0 Å². The molecule has 3 rings (SSSR count). The third-order valence-electron chi connectivity index (χ3n) is 4.98. The number of likely N-dealkylation sites (N-methyl/N-ethyl adjacent to an activating group) is 1. The molecule has 0 atom stereocenters. The zero-order valence-electron chi connectivity index (χ0n) is 16.0. The number of nitrogens with one attached hydrogen (secondary N) is 2. The van der Waals surface area contributed by atoms with E-state index in [-0.39, 0.29) is 10.6 Å². The second-order valence-corrected chi connectivity index (χ2v) is 9.07.